The second-order valence-corrected chi connectivity index (χ2v) is 5.80. The molecule has 0 spiro atoms. The molecule has 1 N–H and O–H groups in total. The highest BCUT2D eigenvalue weighted by Gasteiger charge is 2.35. The van der Waals surface area contributed by atoms with Crippen LogP contribution in [0.3, 0.4) is 0 Å². The lowest BCUT2D eigenvalue weighted by Crippen LogP contribution is -2.38. The lowest BCUT2D eigenvalue weighted by atomic mass is 10.1. The summed E-state index contributed by atoms with van der Waals surface area (Å²) in [5, 5.41) is 9.92. The van der Waals surface area contributed by atoms with E-state index in [9.17, 15) is 9.59 Å². The molecule has 2 aromatic rings. The van der Waals surface area contributed by atoms with E-state index in [4.69, 9.17) is 5.11 Å². The summed E-state index contributed by atoms with van der Waals surface area (Å²) in [6.07, 6.45) is 3.59. The van der Waals surface area contributed by atoms with E-state index in [1.165, 1.54) is 0 Å². The van der Waals surface area contributed by atoms with Crippen LogP contribution >= 0.6 is 0 Å². The van der Waals surface area contributed by atoms with Crippen molar-refractivity contribution in [1.29, 1.82) is 0 Å². The van der Waals surface area contributed by atoms with Crippen LogP contribution < -0.4 is 0 Å². The molecular formula is C17H18N2O3. The van der Waals surface area contributed by atoms with E-state index in [1.54, 1.807) is 30.2 Å². The highest BCUT2D eigenvalue weighted by atomic mass is 16.4. The first-order valence-corrected chi connectivity index (χ1v) is 7.45. The van der Waals surface area contributed by atoms with Crippen molar-refractivity contribution in [1.82, 2.24) is 9.88 Å². The van der Waals surface area contributed by atoms with Crippen LogP contribution in [0.25, 0.3) is 10.9 Å². The van der Waals surface area contributed by atoms with Crippen molar-refractivity contribution >= 4 is 22.8 Å². The average Bonchev–Trinajstić information content (AvgIpc) is 3.35. The Labute approximate surface area is 128 Å². The van der Waals surface area contributed by atoms with E-state index < -0.39 is 11.9 Å². The van der Waals surface area contributed by atoms with E-state index in [-0.39, 0.29) is 18.5 Å². The van der Waals surface area contributed by atoms with Crippen LogP contribution in [0, 0.1) is 5.92 Å². The minimum absolute atomic E-state index is 0.103. The minimum atomic E-state index is -0.877. The lowest BCUT2D eigenvalue weighted by Gasteiger charge is -2.25. The Bertz CT molecular complexity index is 719. The van der Waals surface area contributed by atoms with Crippen LogP contribution in [0.2, 0.25) is 0 Å². The van der Waals surface area contributed by atoms with Crippen molar-refractivity contribution in [3.63, 3.8) is 0 Å². The fourth-order valence-corrected chi connectivity index (χ4v) is 2.60. The molecule has 0 bridgehead atoms. The third-order valence-electron chi connectivity index (χ3n) is 4.02. The molecule has 1 fully saturated rings. The molecular weight excluding hydrogens is 280 g/mol. The zero-order valence-corrected chi connectivity index (χ0v) is 12.4. The molecule has 5 nitrogen and oxygen atoms in total. The van der Waals surface area contributed by atoms with Crippen LogP contribution in [0.5, 0.6) is 0 Å². The summed E-state index contributed by atoms with van der Waals surface area (Å²) in [6.45, 7) is 1.88. The highest BCUT2D eigenvalue weighted by molar-refractivity contribution is 6.06. The molecule has 114 valence electrons. The van der Waals surface area contributed by atoms with Gasteiger partial charge in [-0.25, -0.2) is 0 Å². The molecule has 1 atom stereocenters. The molecule has 0 radical (unpaired) electrons. The Morgan fingerprint density at radius 1 is 1.32 bits per heavy atom. The molecule has 0 aliphatic heterocycles. The number of carboxylic acid groups (broad SMARTS) is 1. The number of amides is 1. The maximum atomic E-state index is 12.9. The summed E-state index contributed by atoms with van der Waals surface area (Å²) in [5.74, 6) is -1.55. The number of aromatic nitrogens is 1. The number of carbonyl (C=O) groups excluding carboxylic acids is 1. The van der Waals surface area contributed by atoms with Crippen LogP contribution in [0.1, 0.15) is 30.1 Å². The Kier molecular flexibility index (Phi) is 3.79. The molecule has 5 heteroatoms. The quantitative estimate of drug-likeness (QED) is 0.921. The average molecular weight is 298 g/mol. The highest BCUT2D eigenvalue weighted by Crippen LogP contribution is 2.30. The molecule has 0 saturated heterocycles. The van der Waals surface area contributed by atoms with Crippen LogP contribution in [-0.2, 0) is 4.79 Å². The van der Waals surface area contributed by atoms with Gasteiger partial charge in [-0.2, -0.15) is 0 Å². The van der Waals surface area contributed by atoms with Crippen LogP contribution in [-0.4, -0.2) is 39.5 Å². The van der Waals surface area contributed by atoms with Crippen molar-refractivity contribution in [2.45, 2.75) is 25.8 Å². The number of pyridine rings is 1. The number of benzene rings is 1. The van der Waals surface area contributed by atoms with Crippen molar-refractivity contribution in [3.05, 3.63) is 42.1 Å². The Balaban J connectivity index is 1.94. The summed E-state index contributed by atoms with van der Waals surface area (Å²) in [6, 6.07) is 9.32. The number of hydrogen-bond donors (Lipinski definition) is 1. The minimum Gasteiger partial charge on any atom is -0.481 e. The number of aliphatic carboxylic acids is 1. The van der Waals surface area contributed by atoms with Gasteiger partial charge in [0.1, 0.15) is 0 Å². The van der Waals surface area contributed by atoms with Gasteiger partial charge in [-0.15, -0.1) is 0 Å². The topological polar surface area (TPSA) is 70.5 Å². The van der Waals surface area contributed by atoms with E-state index in [2.05, 4.69) is 4.98 Å². The normalized spacial score (nSPS) is 15.5. The van der Waals surface area contributed by atoms with Gasteiger partial charge in [-0.05, 0) is 31.0 Å². The summed E-state index contributed by atoms with van der Waals surface area (Å²) in [5.41, 5.74) is 1.37. The second kappa shape index (κ2) is 5.75. The monoisotopic (exact) mass is 298 g/mol. The predicted octanol–water partition coefficient (Wildman–Crippen LogP) is 2.56. The van der Waals surface area contributed by atoms with Gasteiger partial charge in [-0.1, -0.05) is 19.1 Å². The van der Waals surface area contributed by atoms with Gasteiger partial charge in [0.15, 0.2) is 0 Å². The van der Waals surface area contributed by atoms with E-state index >= 15 is 0 Å². The third-order valence-corrected chi connectivity index (χ3v) is 4.02. The van der Waals surface area contributed by atoms with Crippen LogP contribution in [0.15, 0.2) is 36.5 Å². The predicted molar refractivity (Wildman–Crippen MR) is 82.6 cm³/mol. The molecule has 1 aliphatic carbocycles. The molecule has 3 rings (SSSR count). The fourth-order valence-electron chi connectivity index (χ4n) is 2.60. The molecule has 1 saturated carbocycles. The Morgan fingerprint density at radius 3 is 2.77 bits per heavy atom. The summed E-state index contributed by atoms with van der Waals surface area (Å²) >= 11 is 0. The molecule has 1 aliphatic rings. The molecule has 1 amide bonds. The molecule has 1 heterocycles. The first-order valence-electron chi connectivity index (χ1n) is 7.45. The van der Waals surface area contributed by atoms with E-state index in [0.717, 1.165) is 23.7 Å². The summed E-state index contributed by atoms with van der Waals surface area (Å²) in [7, 11) is 0. The SMILES string of the molecule is CC(CN(C(=O)c1cccc2ncccc12)C1CC1)C(=O)O. The van der Waals surface area contributed by atoms with Crippen molar-refractivity contribution in [3.8, 4) is 0 Å². The standard InChI is InChI=1S/C17H18N2O3/c1-11(17(21)22)10-19(12-7-8-12)16(20)14-4-2-6-15-13(14)5-3-9-18-15/h2-6,9,11-12H,7-8,10H2,1H3,(H,21,22). The third kappa shape index (κ3) is 2.79. The van der Waals surface area contributed by atoms with Gasteiger partial charge in [0.05, 0.1) is 11.4 Å². The van der Waals surface area contributed by atoms with Crippen molar-refractivity contribution in [2.24, 2.45) is 5.92 Å². The number of nitrogens with zero attached hydrogens (tertiary/aromatic N) is 2. The van der Waals surface area contributed by atoms with Gasteiger partial charge >= 0.3 is 5.97 Å². The smallest absolute Gasteiger partial charge is 0.308 e. The second-order valence-electron chi connectivity index (χ2n) is 5.80. The zero-order chi connectivity index (χ0) is 15.7. The molecule has 1 aromatic heterocycles. The summed E-state index contributed by atoms with van der Waals surface area (Å²) < 4.78 is 0. The Hall–Kier alpha value is -2.43. The van der Waals surface area contributed by atoms with Gasteiger partial charge in [0.25, 0.3) is 5.91 Å². The maximum absolute atomic E-state index is 12.9. The number of hydrogen-bond acceptors (Lipinski definition) is 3. The van der Waals surface area contributed by atoms with Gasteiger partial charge in [-0.3, -0.25) is 14.6 Å². The maximum Gasteiger partial charge on any atom is 0.308 e. The van der Waals surface area contributed by atoms with Crippen molar-refractivity contribution in [2.75, 3.05) is 6.54 Å². The van der Waals surface area contributed by atoms with E-state index in [1.807, 2.05) is 18.2 Å². The zero-order valence-electron chi connectivity index (χ0n) is 12.4. The molecule has 1 unspecified atom stereocenters. The van der Waals surface area contributed by atoms with Gasteiger partial charge in [0, 0.05) is 29.7 Å². The summed E-state index contributed by atoms with van der Waals surface area (Å²) in [4.78, 5) is 30.0. The lowest BCUT2D eigenvalue weighted by molar-refractivity contribution is -0.141. The van der Waals surface area contributed by atoms with Crippen LogP contribution in [0.4, 0.5) is 0 Å². The van der Waals surface area contributed by atoms with Gasteiger partial charge < -0.3 is 10.0 Å². The number of carbonyl (C=O) groups is 2. The largest absolute Gasteiger partial charge is 0.481 e. The number of rotatable bonds is 5. The van der Waals surface area contributed by atoms with Crippen molar-refractivity contribution < 1.29 is 14.7 Å². The molecule has 1 aromatic carbocycles. The fraction of sp³-hybridized carbons (Fsp3) is 0.353. The Morgan fingerprint density at radius 2 is 2.09 bits per heavy atom. The number of carboxylic acids is 1. The van der Waals surface area contributed by atoms with Gasteiger partial charge in [0.2, 0.25) is 0 Å². The first kappa shape index (κ1) is 14.5. The molecule has 22 heavy (non-hydrogen) atoms. The number of fused-ring (bicyclic) bond motifs is 1. The first-order chi connectivity index (χ1) is 10.6. The van der Waals surface area contributed by atoms with E-state index in [0.29, 0.717) is 5.56 Å².